The van der Waals surface area contributed by atoms with E-state index in [1.807, 2.05) is 12.1 Å². The zero-order valence-corrected chi connectivity index (χ0v) is 14.1. The van der Waals surface area contributed by atoms with Crippen molar-refractivity contribution in [1.29, 1.82) is 0 Å². The van der Waals surface area contributed by atoms with Gasteiger partial charge in [-0.05, 0) is 12.1 Å². The molecule has 1 aliphatic rings. The molecule has 0 aliphatic carbocycles. The van der Waals surface area contributed by atoms with Crippen LogP contribution in [0.15, 0.2) is 24.5 Å². The third-order valence-electron chi connectivity index (χ3n) is 3.59. The van der Waals surface area contributed by atoms with Crippen molar-refractivity contribution in [2.75, 3.05) is 36.5 Å². The normalized spacial score (nSPS) is 15.0. The first-order valence-electron chi connectivity index (χ1n) is 7.70. The smallest absolute Gasteiger partial charge is 0.267 e. The summed E-state index contributed by atoms with van der Waals surface area (Å²) < 4.78 is 5.37. The zero-order chi connectivity index (χ0) is 16.2. The molecule has 0 unspecified atom stereocenters. The van der Waals surface area contributed by atoms with E-state index in [1.165, 1.54) is 11.3 Å². The van der Waals surface area contributed by atoms with Crippen LogP contribution in [0.1, 0.15) is 34.4 Å². The predicted molar refractivity (Wildman–Crippen MR) is 91.4 cm³/mol. The minimum absolute atomic E-state index is 0.142. The van der Waals surface area contributed by atoms with Gasteiger partial charge in [0, 0.05) is 25.2 Å². The molecule has 3 rings (SSSR count). The van der Waals surface area contributed by atoms with E-state index in [4.69, 9.17) is 4.74 Å². The van der Waals surface area contributed by atoms with Crippen molar-refractivity contribution >= 4 is 28.7 Å². The minimum Gasteiger partial charge on any atom is -0.378 e. The molecule has 6 nitrogen and oxygen atoms in total. The standard InChI is InChI=1S/C16H20N4O2S/c1-11(2)16-18-10-13(23-16)15(21)19-12-4-3-5-17-14(12)20-6-8-22-9-7-20/h3-5,10-11H,6-9H2,1-2H3,(H,19,21). The topological polar surface area (TPSA) is 67.4 Å². The number of hydrogen-bond acceptors (Lipinski definition) is 6. The average Bonchev–Trinajstić information content (AvgIpc) is 3.07. The Morgan fingerprint density at radius 3 is 2.83 bits per heavy atom. The van der Waals surface area contributed by atoms with Crippen molar-refractivity contribution in [1.82, 2.24) is 9.97 Å². The first-order chi connectivity index (χ1) is 11.1. The van der Waals surface area contributed by atoms with Crippen LogP contribution < -0.4 is 10.2 Å². The van der Waals surface area contributed by atoms with Gasteiger partial charge in [0.15, 0.2) is 5.82 Å². The number of pyridine rings is 1. The molecule has 23 heavy (non-hydrogen) atoms. The number of hydrogen-bond donors (Lipinski definition) is 1. The van der Waals surface area contributed by atoms with Crippen LogP contribution in [0.5, 0.6) is 0 Å². The van der Waals surface area contributed by atoms with Crippen molar-refractivity contribution in [3.8, 4) is 0 Å². The second kappa shape index (κ2) is 7.06. The fourth-order valence-electron chi connectivity index (χ4n) is 2.37. The number of ether oxygens (including phenoxy) is 1. The van der Waals surface area contributed by atoms with Crippen molar-refractivity contribution in [3.05, 3.63) is 34.4 Å². The number of carbonyl (C=O) groups excluding carboxylic acids is 1. The average molecular weight is 332 g/mol. The van der Waals surface area contributed by atoms with E-state index in [9.17, 15) is 4.79 Å². The molecule has 122 valence electrons. The van der Waals surface area contributed by atoms with Gasteiger partial charge in [0.1, 0.15) is 4.88 Å². The Bertz CT molecular complexity index is 680. The predicted octanol–water partition coefficient (Wildman–Crippen LogP) is 2.75. The van der Waals surface area contributed by atoms with E-state index in [2.05, 4.69) is 34.0 Å². The highest BCUT2D eigenvalue weighted by Crippen LogP contribution is 2.26. The molecule has 1 fully saturated rings. The molecule has 0 bridgehead atoms. The van der Waals surface area contributed by atoms with Crippen LogP contribution >= 0.6 is 11.3 Å². The van der Waals surface area contributed by atoms with Gasteiger partial charge in [-0.3, -0.25) is 4.79 Å². The van der Waals surface area contributed by atoms with Crippen molar-refractivity contribution in [2.24, 2.45) is 0 Å². The number of aromatic nitrogens is 2. The van der Waals surface area contributed by atoms with E-state index in [-0.39, 0.29) is 5.91 Å². The highest BCUT2D eigenvalue weighted by Gasteiger charge is 2.19. The van der Waals surface area contributed by atoms with Crippen LogP contribution in [0.3, 0.4) is 0 Å². The lowest BCUT2D eigenvalue weighted by Crippen LogP contribution is -2.37. The summed E-state index contributed by atoms with van der Waals surface area (Å²) in [6.07, 6.45) is 3.38. The number of carbonyl (C=O) groups is 1. The van der Waals surface area contributed by atoms with Gasteiger partial charge in [-0.15, -0.1) is 11.3 Å². The van der Waals surface area contributed by atoms with E-state index in [1.54, 1.807) is 12.4 Å². The number of amides is 1. The third-order valence-corrected chi connectivity index (χ3v) is 4.88. The summed E-state index contributed by atoms with van der Waals surface area (Å²) in [4.78, 5) is 24.0. The Morgan fingerprint density at radius 2 is 2.13 bits per heavy atom. The summed E-state index contributed by atoms with van der Waals surface area (Å²) in [5, 5.41) is 3.93. The van der Waals surface area contributed by atoms with Gasteiger partial charge < -0.3 is 15.0 Å². The second-order valence-corrected chi connectivity index (χ2v) is 6.71. The number of morpholine rings is 1. The Kier molecular flexibility index (Phi) is 4.88. The molecule has 2 aromatic heterocycles. The van der Waals surface area contributed by atoms with Gasteiger partial charge in [0.2, 0.25) is 0 Å². The van der Waals surface area contributed by atoms with Crippen LogP contribution in [0.2, 0.25) is 0 Å². The molecule has 3 heterocycles. The van der Waals surface area contributed by atoms with Crippen LogP contribution in [-0.4, -0.2) is 42.2 Å². The van der Waals surface area contributed by atoms with E-state index < -0.39 is 0 Å². The zero-order valence-electron chi connectivity index (χ0n) is 13.3. The molecule has 0 saturated carbocycles. The second-order valence-electron chi connectivity index (χ2n) is 5.65. The van der Waals surface area contributed by atoms with Crippen LogP contribution in [0.25, 0.3) is 0 Å². The quantitative estimate of drug-likeness (QED) is 0.932. The summed E-state index contributed by atoms with van der Waals surface area (Å²) >= 11 is 1.43. The number of thiazole rings is 1. The minimum atomic E-state index is -0.142. The summed E-state index contributed by atoms with van der Waals surface area (Å²) in [6, 6.07) is 3.70. The lowest BCUT2D eigenvalue weighted by molar-refractivity contribution is 0.103. The summed E-state index contributed by atoms with van der Waals surface area (Å²) in [6.45, 7) is 7.04. The highest BCUT2D eigenvalue weighted by molar-refractivity contribution is 7.13. The van der Waals surface area contributed by atoms with E-state index in [0.717, 1.165) is 29.6 Å². The van der Waals surface area contributed by atoms with Crippen LogP contribution in [-0.2, 0) is 4.74 Å². The Balaban J connectivity index is 1.77. The molecule has 0 spiro atoms. The number of nitrogens with one attached hydrogen (secondary N) is 1. The van der Waals surface area contributed by atoms with Gasteiger partial charge in [-0.25, -0.2) is 9.97 Å². The highest BCUT2D eigenvalue weighted by atomic mass is 32.1. The van der Waals surface area contributed by atoms with Crippen molar-refractivity contribution in [2.45, 2.75) is 19.8 Å². The maximum atomic E-state index is 12.5. The molecule has 0 radical (unpaired) electrons. The maximum absolute atomic E-state index is 12.5. The Hall–Kier alpha value is -1.99. The van der Waals surface area contributed by atoms with Gasteiger partial charge in [-0.2, -0.15) is 0 Å². The molecule has 7 heteroatoms. The van der Waals surface area contributed by atoms with E-state index >= 15 is 0 Å². The lowest BCUT2D eigenvalue weighted by Gasteiger charge is -2.29. The molecule has 0 atom stereocenters. The number of rotatable bonds is 4. The molecular weight excluding hydrogens is 312 g/mol. The van der Waals surface area contributed by atoms with Gasteiger partial charge in [0.25, 0.3) is 5.91 Å². The maximum Gasteiger partial charge on any atom is 0.267 e. The molecule has 1 amide bonds. The van der Waals surface area contributed by atoms with Crippen LogP contribution in [0, 0.1) is 0 Å². The summed E-state index contributed by atoms with van der Waals surface area (Å²) in [5.74, 6) is 0.971. The van der Waals surface area contributed by atoms with E-state index in [0.29, 0.717) is 24.0 Å². The largest absolute Gasteiger partial charge is 0.378 e. The first-order valence-corrected chi connectivity index (χ1v) is 8.51. The fourth-order valence-corrected chi connectivity index (χ4v) is 3.18. The number of nitrogens with zero attached hydrogens (tertiary/aromatic N) is 3. The first kappa shape index (κ1) is 15.9. The molecule has 1 aliphatic heterocycles. The van der Waals surface area contributed by atoms with Crippen LogP contribution in [0.4, 0.5) is 11.5 Å². The van der Waals surface area contributed by atoms with Crippen molar-refractivity contribution < 1.29 is 9.53 Å². The molecule has 1 N–H and O–H groups in total. The van der Waals surface area contributed by atoms with Gasteiger partial charge >= 0.3 is 0 Å². The summed E-state index contributed by atoms with van der Waals surface area (Å²) in [5.41, 5.74) is 0.721. The Morgan fingerprint density at radius 1 is 1.35 bits per heavy atom. The molecule has 1 saturated heterocycles. The summed E-state index contributed by atoms with van der Waals surface area (Å²) in [7, 11) is 0. The molecule has 2 aromatic rings. The fraction of sp³-hybridized carbons (Fsp3) is 0.438. The molecular formula is C16H20N4O2S. The third kappa shape index (κ3) is 3.68. The van der Waals surface area contributed by atoms with Crippen molar-refractivity contribution in [3.63, 3.8) is 0 Å². The van der Waals surface area contributed by atoms with Gasteiger partial charge in [0.05, 0.1) is 30.1 Å². The number of anilines is 2. The van der Waals surface area contributed by atoms with Gasteiger partial charge in [-0.1, -0.05) is 13.8 Å². The SMILES string of the molecule is CC(C)c1ncc(C(=O)Nc2cccnc2N2CCOCC2)s1. The Labute approximate surface area is 139 Å². The monoisotopic (exact) mass is 332 g/mol. The lowest BCUT2D eigenvalue weighted by atomic mass is 10.2. The molecule has 0 aromatic carbocycles.